The molecule has 1 aromatic carbocycles. The van der Waals surface area contributed by atoms with Gasteiger partial charge in [0, 0.05) is 5.56 Å². The van der Waals surface area contributed by atoms with Gasteiger partial charge in [-0.1, -0.05) is 29.5 Å². The average molecular weight is 264 g/mol. The predicted octanol–water partition coefficient (Wildman–Crippen LogP) is 2.61. The molecule has 5 nitrogen and oxygen atoms in total. The van der Waals surface area contributed by atoms with Gasteiger partial charge in [0.05, 0.1) is 0 Å². The predicted molar refractivity (Wildman–Crippen MR) is 67.4 cm³/mol. The van der Waals surface area contributed by atoms with Crippen LogP contribution in [0, 0.1) is 6.92 Å². The smallest absolute Gasteiger partial charge is 0.316 e. The van der Waals surface area contributed by atoms with E-state index in [1.165, 1.54) is 0 Å². The van der Waals surface area contributed by atoms with Crippen LogP contribution in [0.4, 0.5) is 0 Å². The molecule has 0 saturated heterocycles. The molecule has 0 aliphatic rings. The normalized spacial score (nSPS) is 12.3. The maximum absolute atomic E-state index is 10.7. The van der Waals surface area contributed by atoms with Crippen molar-refractivity contribution < 1.29 is 14.3 Å². The van der Waals surface area contributed by atoms with E-state index in [1.807, 2.05) is 31.2 Å². The molecule has 94 valence electrons. The standard InChI is InChI=1S/C12H12N2O3S/c1-7-3-5-9(6-4-7)10-13-14-12(17-10)18-8(2)11(15)16/h3-6,8H,1-2H3,(H,15,16)/t8-/m1/s1. The molecule has 0 bridgehead atoms. The lowest BCUT2D eigenvalue weighted by atomic mass is 10.1. The monoisotopic (exact) mass is 264 g/mol. The summed E-state index contributed by atoms with van der Waals surface area (Å²) < 4.78 is 5.41. The van der Waals surface area contributed by atoms with Crippen molar-refractivity contribution >= 4 is 17.7 Å². The summed E-state index contributed by atoms with van der Waals surface area (Å²) in [5, 5.41) is 16.2. The summed E-state index contributed by atoms with van der Waals surface area (Å²) in [5.41, 5.74) is 1.97. The van der Waals surface area contributed by atoms with Crippen LogP contribution in [0.25, 0.3) is 11.5 Å². The van der Waals surface area contributed by atoms with Gasteiger partial charge in [-0.2, -0.15) is 0 Å². The second-order valence-electron chi connectivity index (χ2n) is 3.84. The van der Waals surface area contributed by atoms with E-state index in [4.69, 9.17) is 9.52 Å². The Morgan fingerprint density at radius 1 is 1.33 bits per heavy atom. The highest BCUT2D eigenvalue weighted by atomic mass is 32.2. The first-order valence-corrected chi connectivity index (χ1v) is 6.24. The van der Waals surface area contributed by atoms with Crippen LogP contribution in [0.5, 0.6) is 0 Å². The fourth-order valence-corrected chi connectivity index (χ4v) is 1.89. The van der Waals surface area contributed by atoms with Crippen LogP contribution in [0.3, 0.4) is 0 Å². The minimum absolute atomic E-state index is 0.264. The zero-order chi connectivity index (χ0) is 13.1. The van der Waals surface area contributed by atoms with Crippen molar-refractivity contribution in [1.29, 1.82) is 0 Å². The van der Waals surface area contributed by atoms with Crippen molar-refractivity contribution in [2.24, 2.45) is 0 Å². The van der Waals surface area contributed by atoms with E-state index in [1.54, 1.807) is 6.92 Å². The minimum atomic E-state index is -0.907. The minimum Gasteiger partial charge on any atom is -0.480 e. The molecular formula is C12H12N2O3S. The molecule has 0 radical (unpaired) electrons. The third kappa shape index (κ3) is 2.89. The summed E-state index contributed by atoms with van der Waals surface area (Å²) in [5.74, 6) is -0.509. The number of benzene rings is 1. The van der Waals surface area contributed by atoms with Crippen molar-refractivity contribution in [2.75, 3.05) is 0 Å². The van der Waals surface area contributed by atoms with Gasteiger partial charge < -0.3 is 9.52 Å². The lowest BCUT2D eigenvalue weighted by molar-refractivity contribution is -0.136. The van der Waals surface area contributed by atoms with Crippen LogP contribution in [-0.2, 0) is 4.79 Å². The summed E-state index contributed by atoms with van der Waals surface area (Å²) >= 11 is 1.03. The molecule has 0 fully saturated rings. The Morgan fingerprint density at radius 3 is 2.61 bits per heavy atom. The SMILES string of the molecule is Cc1ccc(-c2nnc(S[C@H](C)C(=O)O)o2)cc1. The lowest BCUT2D eigenvalue weighted by Gasteiger charge is -1.99. The van der Waals surface area contributed by atoms with Crippen molar-refractivity contribution in [3.8, 4) is 11.5 Å². The molecule has 0 spiro atoms. The number of carboxylic acids is 1. The van der Waals surface area contributed by atoms with Crippen molar-refractivity contribution in [2.45, 2.75) is 24.3 Å². The molecule has 1 aromatic heterocycles. The van der Waals surface area contributed by atoms with E-state index in [0.29, 0.717) is 5.89 Å². The van der Waals surface area contributed by atoms with E-state index in [0.717, 1.165) is 22.9 Å². The second kappa shape index (κ2) is 5.22. The van der Waals surface area contributed by atoms with E-state index in [-0.39, 0.29) is 5.22 Å². The van der Waals surface area contributed by atoms with E-state index < -0.39 is 11.2 Å². The summed E-state index contributed by atoms with van der Waals surface area (Å²) in [4.78, 5) is 10.7. The third-order valence-corrected chi connectivity index (χ3v) is 3.25. The van der Waals surface area contributed by atoms with Crippen molar-refractivity contribution in [1.82, 2.24) is 10.2 Å². The number of nitrogens with zero attached hydrogens (tertiary/aromatic N) is 2. The van der Waals surface area contributed by atoms with Crippen LogP contribution in [0.1, 0.15) is 12.5 Å². The molecule has 18 heavy (non-hydrogen) atoms. The van der Waals surface area contributed by atoms with Gasteiger partial charge in [0.2, 0.25) is 5.89 Å². The Kier molecular flexibility index (Phi) is 3.66. The number of hydrogen-bond donors (Lipinski definition) is 1. The zero-order valence-electron chi connectivity index (χ0n) is 9.95. The van der Waals surface area contributed by atoms with Gasteiger partial charge in [0.1, 0.15) is 5.25 Å². The quantitative estimate of drug-likeness (QED) is 0.855. The molecule has 0 aliphatic carbocycles. The number of aryl methyl sites for hydroxylation is 1. The number of thioether (sulfide) groups is 1. The van der Waals surface area contributed by atoms with Gasteiger partial charge in [0.25, 0.3) is 5.22 Å². The Balaban J connectivity index is 2.15. The van der Waals surface area contributed by atoms with Crippen LogP contribution < -0.4 is 0 Å². The lowest BCUT2D eigenvalue weighted by Crippen LogP contribution is -2.10. The molecule has 0 amide bonds. The number of hydrogen-bond acceptors (Lipinski definition) is 5. The number of carbonyl (C=O) groups is 1. The molecule has 2 aromatic rings. The van der Waals surface area contributed by atoms with E-state index in [2.05, 4.69) is 10.2 Å². The van der Waals surface area contributed by atoms with Gasteiger partial charge in [-0.25, -0.2) is 0 Å². The Morgan fingerprint density at radius 2 is 2.00 bits per heavy atom. The van der Waals surface area contributed by atoms with Crippen LogP contribution in [-0.4, -0.2) is 26.5 Å². The maximum Gasteiger partial charge on any atom is 0.316 e. The van der Waals surface area contributed by atoms with Crippen molar-refractivity contribution in [3.63, 3.8) is 0 Å². The van der Waals surface area contributed by atoms with Gasteiger partial charge in [0.15, 0.2) is 0 Å². The number of rotatable bonds is 4. The molecular weight excluding hydrogens is 252 g/mol. The summed E-state index contributed by atoms with van der Waals surface area (Å²) in [7, 11) is 0. The van der Waals surface area contributed by atoms with Gasteiger partial charge in [-0.3, -0.25) is 4.79 Å². The maximum atomic E-state index is 10.7. The zero-order valence-corrected chi connectivity index (χ0v) is 10.8. The molecule has 2 rings (SSSR count). The van der Waals surface area contributed by atoms with E-state index in [9.17, 15) is 4.79 Å². The Labute approximate surface area is 108 Å². The van der Waals surface area contributed by atoms with Crippen LogP contribution in [0.2, 0.25) is 0 Å². The summed E-state index contributed by atoms with van der Waals surface area (Å²) in [6, 6.07) is 7.67. The summed E-state index contributed by atoms with van der Waals surface area (Å²) in [6.45, 7) is 3.57. The molecule has 0 saturated carbocycles. The third-order valence-electron chi connectivity index (χ3n) is 2.33. The Hall–Kier alpha value is -1.82. The first-order chi connectivity index (χ1) is 8.56. The highest BCUT2D eigenvalue weighted by Gasteiger charge is 2.17. The topological polar surface area (TPSA) is 76.2 Å². The second-order valence-corrected chi connectivity index (χ2v) is 5.13. The highest BCUT2D eigenvalue weighted by molar-refractivity contribution is 8.00. The van der Waals surface area contributed by atoms with Gasteiger partial charge in [-0.15, -0.1) is 10.2 Å². The van der Waals surface area contributed by atoms with Crippen LogP contribution >= 0.6 is 11.8 Å². The fourth-order valence-electron chi connectivity index (χ4n) is 1.27. The average Bonchev–Trinajstić information content (AvgIpc) is 2.78. The molecule has 0 unspecified atom stereocenters. The molecule has 1 heterocycles. The molecule has 1 atom stereocenters. The first kappa shape index (κ1) is 12.6. The largest absolute Gasteiger partial charge is 0.480 e. The van der Waals surface area contributed by atoms with Crippen molar-refractivity contribution in [3.05, 3.63) is 29.8 Å². The number of aliphatic carboxylic acids is 1. The number of aromatic nitrogens is 2. The highest BCUT2D eigenvalue weighted by Crippen LogP contribution is 2.26. The summed E-state index contributed by atoms with van der Waals surface area (Å²) in [6.07, 6.45) is 0. The molecule has 0 aliphatic heterocycles. The molecule has 1 N–H and O–H groups in total. The first-order valence-electron chi connectivity index (χ1n) is 5.36. The van der Waals surface area contributed by atoms with E-state index >= 15 is 0 Å². The van der Waals surface area contributed by atoms with Gasteiger partial charge in [-0.05, 0) is 26.0 Å². The number of carboxylic acid groups (broad SMARTS) is 1. The fraction of sp³-hybridized carbons (Fsp3) is 0.250. The van der Waals surface area contributed by atoms with Crippen LogP contribution in [0.15, 0.2) is 33.9 Å². The molecule has 6 heteroatoms. The van der Waals surface area contributed by atoms with Gasteiger partial charge >= 0.3 is 5.97 Å². The Bertz CT molecular complexity index is 551.